The van der Waals surface area contributed by atoms with Crippen LogP contribution in [0.5, 0.6) is 0 Å². The maximum Gasteiger partial charge on any atom is 0.325 e. The number of rotatable bonds is 4. The molecule has 30 heavy (non-hydrogen) atoms. The lowest BCUT2D eigenvalue weighted by Crippen LogP contribution is -2.50. The van der Waals surface area contributed by atoms with Gasteiger partial charge < -0.3 is 15.5 Å². The molecule has 1 aromatic rings. The van der Waals surface area contributed by atoms with Gasteiger partial charge in [-0.05, 0) is 43.7 Å². The number of halogens is 1. The molecule has 2 N–H and O–H groups in total. The van der Waals surface area contributed by atoms with Gasteiger partial charge in [-0.2, -0.15) is 0 Å². The Morgan fingerprint density at radius 2 is 1.93 bits per heavy atom. The molecule has 5 amide bonds. The van der Waals surface area contributed by atoms with Gasteiger partial charge in [0, 0.05) is 13.0 Å². The summed E-state index contributed by atoms with van der Waals surface area (Å²) in [6, 6.07) is 4.88. The van der Waals surface area contributed by atoms with E-state index in [1.165, 1.54) is 23.1 Å². The first-order valence-electron chi connectivity index (χ1n) is 10.3. The van der Waals surface area contributed by atoms with Crippen molar-refractivity contribution < 1.29 is 23.6 Å². The summed E-state index contributed by atoms with van der Waals surface area (Å²) in [7, 11) is 0. The Morgan fingerprint density at radius 1 is 1.23 bits per heavy atom. The quantitative estimate of drug-likeness (QED) is 0.728. The van der Waals surface area contributed by atoms with E-state index in [0.717, 1.165) is 17.7 Å². The van der Waals surface area contributed by atoms with E-state index in [1.807, 2.05) is 0 Å². The normalized spacial score (nSPS) is 28.9. The molecule has 1 saturated carbocycles. The molecule has 0 aromatic heterocycles. The van der Waals surface area contributed by atoms with Gasteiger partial charge in [-0.25, -0.2) is 9.18 Å². The minimum absolute atomic E-state index is 0.0298. The van der Waals surface area contributed by atoms with Crippen LogP contribution in [0.3, 0.4) is 0 Å². The standard InChI is InChI=1S/C21H25FN4O4/c1-13-6-8-21(9-7-13)19(29)26(20(30)24-21)12-17(27)23-14-10-18(28)25(11-14)16-5-3-2-4-15(16)22/h2-5,13-14H,6-12H2,1H3,(H,23,27)(H,24,30)/t13?,14-,21?/m1/s1. The largest absolute Gasteiger partial charge is 0.349 e. The van der Waals surface area contributed by atoms with Crippen molar-refractivity contribution in [3.8, 4) is 0 Å². The lowest BCUT2D eigenvalue weighted by atomic mass is 9.77. The Bertz CT molecular complexity index is 897. The van der Waals surface area contributed by atoms with Gasteiger partial charge in [0.25, 0.3) is 5.91 Å². The van der Waals surface area contributed by atoms with E-state index in [0.29, 0.717) is 18.8 Å². The number of para-hydroxylation sites is 1. The molecular formula is C21H25FN4O4. The van der Waals surface area contributed by atoms with Crippen LogP contribution in [-0.4, -0.2) is 53.3 Å². The van der Waals surface area contributed by atoms with Gasteiger partial charge in [0.1, 0.15) is 17.9 Å². The molecule has 0 unspecified atom stereocenters. The third-order valence-corrected chi connectivity index (χ3v) is 6.31. The number of carbonyl (C=O) groups is 4. The van der Waals surface area contributed by atoms with Gasteiger partial charge in [0.2, 0.25) is 11.8 Å². The zero-order valence-corrected chi connectivity index (χ0v) is 16.8. The minimum Gasteiger partial charge on any atom is -0.349 e. The molecule has 2 heterocycles. The summed E-state index contributed by atoms with van der Waals surface area (Å²) < 4.78 is 14.0. The Morgan fingerprint density at radius 3 is 2.63 bits per heavy atom. The number of amides is 5. The van der Waals surface area contributed by atoms with E-state index < -0.39 is 35.9 Å². The molecule has 1 aliphatic carbocycles. The number of carbonyl (C=O) groups excluding carboxylic acids is 4. The van der Waals surface area contributed by atoms with Crippen molar-refractivity contribution in [1.82, 2.24) is 15.5 Å². The highest BCUT2D eigenvalue weighted by atomic mass is 19.1. The Labute approximate surface area is 173 Å². The first-order valence-corrected chi connectivity index (χ1v) is 10.3. The average Bonchev–Trinajstić information content (AvgIpc) is 3.17. The van der Waals surface area contributed by atoms with Crippen molar-refractivity contribution >= 4 is 29.4 Å². The topological polar surface area (TPSA) is 98.8 Å². The third kappa shape index (κ3) is 3.64. The second-order valence-electron chi connectivity index (χ2n) is 8.51. The number of anilines is 1. The van der Waals surface area contributed by atoms with Crippen LogP contribution in [0.25, 0.3) is 0 Å². The lowest BCUT2D eigenvalue weighted by molar-refractivity contribution is -0.136. The van der Waals surface area contributed by atoms with Crippen molar-refractivity contribution in [2.24, 2.45) is 5.92 Å². The average molecular weight is 416 g/mol. The molecule has 2 aliphatic heterocycles. The van der Waals surface area contributed by atoms with Crippen molar-refractivity contribution in [1.29, 1.82) is 0 Å². The number of nitrogens with one attached hydrogen (secondary N) is 2. The van der Waals surface area contributed by atoms with Gasteiger partial charge in [0.05, 0.1) is 11.7 Å². The highest BCUT2D eigenvalue weighted by molar-refractivity contribution is 6.09. The van der Waals surface area contributed by atoms with Crippen molar-refractivity contribution in [2.45, 2.75) is 50.6 Å². The number of imide groups is 1. The molecule has 3 aliphatic rings. The number of nitrogens with zero attached hydrogens (tertiary/aromatic N) is 2. The summed E-state index contributed by atoms with van der Waals surface area (Å²) in [6.45, 7) is 1.85. The Hall–Kier alpha value is -2.97. The van der Waals surface area contributed by atoms with E-state index in [4.69, 9.17) is 0 Å². The van der Waals surface area contributed by atoms with Crippen LogP contribution in [0.15, 0.2) is 24.3 Å². The summed E-state index contributed by atoms with van der Waals surface area (Å²) in [5, 5.41) is 5.48. The second-order valence-corrected chi connectivity index (χ2v) is 8.51. The van der Waals surface area contributed by atoms with Crippen LogP contribution in [-0.2, 0) is 14.4 Å². The molecule has 3 fully saturated rings. The molecule has 0 bridgehead atoms. The highest BCUT2D eigenvalue weighted by Crippen LogP contribution is 2.36. The van der Waals surface area contributed by atoms with Crippen LogP contribution in [0.2, 0.25) is 0 Å². The predicted octanol–water partition coefficient (Wildman–Crippen LogP) is 1.55. The summed E-state index contributed by atoms with van der Waals surface area (Å²) in [6.07, 6.45) is 2.88. The van der Waals surface area contributed by atoms with E-state index >= 15 is 0 Å². The van der Waals surface area contributed by atoms with E-state index in [9.17, 15) is 23.6 Å². The molecule has 8 nitrogen and oxygen atoms in total. The summed E-state index contributed by atoms with van der Waals surface area (Å²) >= 11 is 0. The van der Waals surface area contributed by atoms with E-state index in [2.05, 4.69) is 17.6 Å². The van der Waals surface area contributed by atoms with Crippen molar-refractivity contribution in [3.05, 3.63) is 30.1 Å². The first-order chi connectivity index (χ1) is 14.3. The number of hydrogen-bond acceptors (Lipinski definition) is 4. The van der Waals surface area contributed by atoms with Crippen LogP contribution in [0, 0.1) is 11.7 Å². The number of hydrogen-bond donors (Lipinski definition) is 2. The zero-order chi connectivity index (χ0) is 21.5. The number of benzene rings is 1. The molecule has 0 radical (unpaired) electrons. The Kier molecular flexibility index (Phi) is 5.21. The predicted molar refractivity (Wildman–Crippen MR) is 106 cm³/mol. The molecule has 160 valence electrons. The number of urea groups is 1. The zero-order valence-electron chi connectivity index (χ0n) is 16.8. The van der Waals surface area contributed by atoms with E-state index in [1.54, 1.807) is 6.07 Å². The molecule has 4 rings (SSSR count). The fourth-order valence-corrected chi connectivity index (χ4v) is 4.54. The van der Waals surface area contributed by atoms with Crippen LogP contribution < -0.4 is 15.5 Å². The third-order valence-electron chi connectivity index (χ3n) is 6.31. The fourth-order valence-electron chi connectivity index (χ4n) is 4.54. The minimum atomic E-state index is -0.894. The smallest absolute Gasteiger partial charge is 0.325 e. The fraction of sp³-hybridized carbons (Fsp3) is 0.524. The molecular weight excluding hydrogens is 391 g/mol. The molecule has 1 atom stereocenters. The Balaban J connectivity index is 1.36. The van der Waals surface area contributed by atoms with Gasteiger partial charge in [0.15, 0.2) is 0 Å². The molecule has 2 saturated heterocycles. The van der Waals surface area contributed by atoms with Gasteiger partial charge >= 0.3 is 6.03 Å². The highest BCUT2D eigenvalue weighted by Gasteiger charge is 2.52. The first kappa shape index (κ1) is 20.3. The van der Waals surface area contributed by atoms with Gasteiger partial charge in [-0.3, -0.25) is 19.3 Å². The molecule has 1 aromatic carbocycles. The monoisotopic (exact) mass is 416 g/mol. The maximum atomic E-state index is 14.0. The van der Waals surface area contributed by atoms with Crippen molar-refractivity contribution in [3.63, 3.8) is 0 Å². The molecule has 1 spiro atoms. The molecule has 9 heteroatoms. The maximum absolute atomic E-state index is 14.0. The summed E-state index contributed by atoms with van der Waals surface area (Å²) in [5.41, 5.74) is -0.726. The summed E-state index contributed by atoms with van der Waals surface area (Å²) in [4.78, 5) is 52.2. The lowest BCUT2D eigenvalue weighted by Gasteiger charge is -2.33. The summed E-state index contributed by atoms with van der Waals surface area (Å²) in [5.74, 6) is -1.17. The van der Waals surface area contributed by atoms with Gasteiger partial charge in [-0.1, -0.05) is 19.1 Å². The van der Waals surface area contributed by atoms with Crippen LogP contribution >= 0.6 is 0 Å². The van der Waals surface area contributed by atoms with E-state index in [-0.39, 0.29) is 30.5 Å². The van der Waals surface area contributed by atoms with Gasteiger partial charge in [-0.15, -0.1) is 0 Å². The van der Waals surface area contributed by atoms with Crippen LogP contribution in [0.4, 0.5) is 14.9 Å². The second kappa shape index (κ2) is 7.70. The van der Waals surface area contributed by atoms with Crippen molar-refractivity contribution in [2.75, 3.05) is 18.0 Å². The SMILES string of the molecule is CC1CCC2(CC1)NC(=O)N(CC(=O)N[C@@H]1CC(=O)N(c3ccccc3F)C1)C2=O. The van der Waals surface area contributed by atoms with Crippen LogP contribution in [0.1, 0.15) is 39.0 Å².